The van der Waals surface area contributed by atoms with Gasteiger partial charge in [-0.3, -0.25) is 4.79 Å². The van der Waals surface area contributed by atoms with Crippen molar-refractivity contribution in [1.29, 1.82) is 0 Å². The third-order valence-electron chi connectivity index (χ3n) is 3.07. The lowest BCUT2D eigenvalue weighted by Crippen LogP contribution is -2.31. The Balaban J connectivity index is 2.48. The standard InChI is InChI=1S/C13H15BrFN3OS/c1-3-4-16-12(19)7(2)18-11-6-9(15)8(14)5-10(11)17-13(18)20/h5-7H,3-4H2,1-2H3,(H,16,19)(H,17,20). The van der Waals surface area contributed by atoms with E-state index in [1.165, 1.54) is 6.07 Å². The van der Waals surface area contributed by atoms with Gasteiger partial charge in [-0.25, -0.2) is 4.39 Å². The molecule has 0 saturated carbocycles. The molecule has 0 bridgehead atoms. The van der Waals surface area contributed by atoms with Crippen LogP contribution in [0.4, 0.5) is 4.39 Å². The number of benzene rings is 1. The van der Waals surface area contributed by atoms with Crippen LogP contribution in [0, 0.1) is 10.6 Å². The quantitative estimate of drug-likeness (QED) is 0.817. The first-order chi connectivity index (χ1) is 9.45. The van der Waals surface area contributed by atoms with E-state index in [9.17, 15) is 9.18 Å². The Morgan fingerprint density at radius 2 is 2.30 bits per heavy atom. The van der Waals surface area contributed by atoms with Crippen LogP contribution in [0.3, 0.4) is 0 Å². The zero-order chi connectivity index (χ0) is 14.9. The first-order valence-corrected chi connectivity index (χ1v) is 7.52. The molecule has 1 aromatic heterocycles. The lowest BCUT2D eigenvalue weighted by Gasteiger charge is -2.14. The molecular formula is C13H15BrFN3OS. The van der Waals surface area contributed by atoms with E-state index in [0.717, 1.165) is 6.42 Å². The zero-order valence-electron chi connectivity index (χ0n) is 11.2. The zero-order valence-corrected chi connectivity index (χ0v) is 13.6. The minimum Gasteiger partial charge on any atom is -0.354 e. The van der Waals surface area contributed by atoms with Crippen molar-refractivity contribution in [3.05, 3.63) is 27.2 Å². The number of hydrogen-bond acceptors (Lipinski definition) is 2. The van der Waals surface area contributed by atoms with Crippen molar-refractivity contribution in [2.75, 3.05) is 6.54 Å². The number of imidazole rings is 1. The molecule has 1 atom stereocenters. The molecule has 1 amide bonds. The Morgan fingerprint density at radius 1 is 1.60 bits per heavy atom. The summed E-state index contributed by atoms with van der Waals surface area (Å²) in [6.07, 6.45) is 0.860. The molecule has 20 heavy (non-hydrogen) atoms. The summed E-state index contributed by atoms with van der Waals surface area (Å²) in [4.78, 5) is 15.0. The summed E-state index contributed by atoms with van der Waals surface area (Å²) in [5, 5.41) is 2.82. The number of nitrogens with zero attached hydrogens (tertiary/aromatic N) is 1. The number of aromatic amines is 1. The van der Waals surface area contributed by atoms with E-state index in [4.69, 9.17) is 12.2 Å². The number of fused-ring (bicyclic) bond motifs is 1. The van der Waals surface area contributed by atoms with Crippen molar-refractivity contribution in [3.63, 3.8) is 0 Å². The van der Waals surface area contributed by atoms with E-state index < -0.39 is 6.04 Å². The van der Waals surface area contributed by atoms with Crippen LogP contribution in [0.15, 0.2) is 16.6 Å². The number of nitrogens with one attached hydrogen (secondary N) is 2. The average Bonchev–Trinajstić information content (AvgIpc) is 2.71. The molecule has 0 saturated heterocycles. The molecule has 0 aliphatic rings. The van der Waals surface area contributed by atoms with E-state index >= 15 is 0 Å². The van der Waals surface area contributed by atoms with Crippen LogP contribution < -0.4 is 5.32 Å². The molecule has 4 nitrogen and oxygen atoms in total. The largest absolute Gasteiger partial charge is 0.354 e. The van der Waals surface area contributed by atoms with Crippen LogP contribution >= 0.6 is 28.1 Å². The molecule has 2 rings (SSSR count). The maximum absolute atomic E-state index is 13.7. The van der Waals surface area contributed by atoms with Gasteiger partial charge in [-0.2, -0.15) is 0 Å². The summed E-state index contributed by atoms with van der Waals surface area (Å²) in [7, 11) is 0. The highest BCUT2D eigenvalue weighted by Gasteiger charge is 2.19. The van der Waals surface area contributed by atoms with Crippen molar-refractivity contribution >= 4 is 45.1 Å². The maximum Gasteiger partial charge on any atom is 0.242 e. The van der Waals surface area contributed by atoms with Gasteiger partial charge in [0, 0.05) is 12.6 Å². The van der Waals surface area contributed by atoms with E-state index in [2.05, 4.69) is 26.2 Å². The number of amides is 1. The fourth-order valence-corrected chi connectivity index (χ4v) is 2.73. The number of halogens is 2. The van der Waals surface area contributed by atoms with Gasteiger partial charge in [0.05, 0.1) is 15.5 Å². The molecule has 0 spiro atoms. The molecule has 2 N–H and O–H groups in total. The highest BCUT2D eigenvalue weighted by molar-refractivity contribution is 9.10. The first-order valence-electron chi connectivity index (χ1n) is 6.32. The van der Waals surface area contributed by atoms with Crippen molar-refractivity contribution in [3.8, 4) is 0 Å². The molecule has 1 heterocycles. The lowest BCUT2D eigenvalue weighted by molar-refractivity contribution is -0.123. The Labute approximate surface area is 129 Å². The molecule has 108 valence electrons. The van der Waals surface area contributed by atoms with Gasteiger partial charge in [0.25, 0.3) is 0 Å². The number of aromatic nitrogens is 2. The van der Waals surface area contributed by atoms with Crippen LogP contribution in [-0.2, 0) is 4.79 Å². The normalized spacial score (nSPS) is 12.6. The lowest BCUT2D eigenvalue weighted by atomic mass is 10.2. The fourth-order valence-electron chi connectivity index (χ4n) is 2.02. The second-order valence-electron chi connectivity index (χ2n) is 4.55. The van der Waals surface area contributed by atoms with Gasteiger partial charge < -0.3 is 14.9 Å². The van der Waals surface area contributed by atoms with Crippen LogP contribution in [0.5, 0.6) is 0 Å². The van der Waals surface area contributed by atoms with Crippen molar-refractivity contribution in [1.82, 2.24) is 14.9 Å². The van der Waals surface area contributed by atoms with E-state index in [-0.39, 0.29) is 11.7 Å². The van der Waals surface area contributed by atoms with Crippen molar-refractivity contribution < 1.29 is 9.18 Å². The van der Waals surface area contributed by atoms with E-state index in [1.54, 1.807) is 17.6 Å². The Hall–Kier alpha value is -1.21. The van der Waals surface area contributed by atoms with Crippen LogP contribution in [0.1, 0.15) is 26.3 Å². The third kappa shape index (κ3) is 2.78. The molecule has 1 aromatic carbocycles. The summed E-state index contributed by atoms with van der Waals surface area (Å²) < 4.78 is 16.1. The number of hydrogen-bond donors (Lipinski definition) is 2. The predicted octanol–water partition coefficient (Wildman–Crippen LogP) is 3.69. The summed E-state index contributed by atoms with van der Waals surface area (Å²) >= 11 is 8.37. The molecule has 0 aliphatic heterocycles. The average molecular weight is 360 g/mol. The molecule has 0 aliphatic carbocycles. The van der Waals surface area contributed by atoms with Gasteiger partial charge in [-0.05, 0) is 47.6 Å². The van der Waals surface area contributed by atoms with Gasteiger partial charge in [-0.1, -0.05) is 6.92 Å². The maximum atomic E-state index is 13.7. The van der Waals surface area contributed by atoms with E-state index in [0.29, 0.717) is 26.8 Å². The van der Waals surface area contributed by atoms with Crippen molar-refractivity contribution in [2.24, 2.45) is 0 Å². The minimum atomic E-state index is -0.497. The van der Waals surface area contributed by atoms with Crippen molar-refractivity contribution in [2.45, 2.75) is 26.3 Å². The number of carbonyl (C=O) groups is 1. The van der Waals surface area contributed by atoms with Gasteiger partial charge in [0.15, 0.2) is 4.77 Å². The summed E-state index contributed by atoms with van der Waals surface area (Å²) in [6.45, 7) is 4.34. The smallest absolute Gasteiger partial charge is 0.242 e. The number of carbonyl (C=O) groups excluding carboxylic acids is 1. The third-order valence-corrected chi connectivity index (χ3v) is 3.98. The van der Waals surface area contributed by atoms with Crippen LogP contribution in [0.25, 0.3) is 11.0 Å². The summed E-state index contributed by atoms with van der Waals surface area (Å²) in [6, 6.07) is 2.49. The van der Waals surface area contributed by atoms with Crippen LogP contribution in [0.2, 0.25) is 0 Å². The van der Waals surface area contributed by atoms with Gasteiger partial charge in [-0.15, -0.1) is 0 Å². The first kappa shape index (κ1) is 15.2. The second-order valence-corrected chi connectivity index (χ2v) is 5.79. The SMILES string of the molecule is CCCNC(=O)C(C)n1c(=S)[nH]c2cc(Br)c(F)cc21. The number of H-pyrrole nitrogens is 1. The monoisotopic (exact) mass is 359 g/mol. The molecule has 2 aromatic rings. The highest BCUT2D eigenvalue weighted by Crippen LogP contribution is 2.25. The van der Waals surface area contributed by atoms with E-state index in [1.807, 2.05) is 6.92 Å². The molecule has 7 heteroatoms. The topological polar surface area (TPSA) is 49.8 Å². The molecule has 1 unspecified atom stereocenters. The summed E-state index contributed by atoms with van der Waals surface area (Å²) in [5.74, 6) is -0.520. The Kier molecular flexibility index (Phi) is 4.59. The molecular weight excluding hydrogens is 345 g/mol. The highest BCUT2D eigenvalue weighted by atomic mass is 79.9. The predicted molar refractivity (Wildman–Crippen MR) is 82.8 cm³/mol. The van der Waals surface area contributed by atoms with Gasteiger partial charge >= 0.3 is 0 Å². The molecule has 0 radical (unpaired) electrons. The van der Waals surface area contributed by atoms with Gasteiger partial charge in [0.2, 0.25) is 5.91 Å². The van der Waals surface area contributed by atoms with Crippen LogP contribution in [-0.4, -0.2) is 22.0 Å². The molecule has 0 fully saturated rings. The van der Waals surface area contributed by atoms with Gasteiger partial charge in [0.1, 0.15) is 11.9 Å². The minimum absolute atomic E-state index is 0.132. The number of rotatable bonds is 4. The second kappa shape index (κ2) is 6.05. The fraction of sp³-hybridized carbons (Fsp3) is 0.385. The Bertz CT molecular complexity index is 709. The summed E-state index contributed by atoms with van der Waals surface area (Å²) in [5.41, 5.74) is 1.27. The Morgan fingerprint density at radius 3 is 2.95 bits per heavy atom.